The number of hydrogen-bond donors (Lipinski definition) is 1. The molecule has 5 heteroatoms. The van der Waals surface area contributed by atoms with E-state index in [4.69, 9.17) is 0 Å². The minimum Gasteiger partial charge on any atom is -0.390 e. The van der Waals surface area contributed by atoms with Gasteiger partial charge < -0.3 is 10.0 Å². The number of nitrogens with zero attached hydrogens (tertiary/aromatic N) is 2. The first-order chi connectivity index (χ1) is 13.3. The molecule has 2 aromatic carbocycles. The molecule has 0 fully saturated rings. The number of halogens is 1. The van der Waals surface area contributed by atoms with Crippen LogP contribution in [0.1, 0.15) is 40.9 Å². The first-order valence-corrected chi connectivity index (χ1v) is 10.7. The number of hydrogen-bond acceptors (Lipinski definition) is 3. The second kappa shape index (κ2) is 7.62. The highest BCUT2D eigenvalue weighted by atomic mass is 79.9. The zero-order valence-corrected chi connectivity index (χ0v) is 18.1. The highest BCUT2D eigenvalue weighted by Gasteiger charge is 2.37. The summed E-state index contributed by atoms with van der Waals surface area (Å²) in [6.45, 7) is 7.71. The molecule has 4 nitrogen and oxygen atoms in total. The number of β-amino-alcohol motifs (C(OH)–C–C–N with tert-alkyl or cyclic N) is 1. The topological polar surface area (TPSA) is 43.8 Å². The van der Waals surface area contributed by atoms with Gasteiger partial charge in [0.2, 0.25) is 0 Å². The summed E-state index contributed by atoms with van der Waals surface area (Å²) in [5, 5.41) is 10.7. The molecule has 2 heterocycles. The van der Waals surface area contributed by atoms with Gasteiger partial charge in [-0.05, 0) is 41.3 Å². The van der Waals surface area contributed by atoms with E-state index in [-0.39, 0.29) is 11.3 Å². The minimum atomic E-state index is -0.554. The van der Waals surface area contributed by atoms with Gasteiger partial charge in [-0.3, -0.25) is 9.69 Å². The molecule has 2 aliphatic rings. The third-order valence-corrected chi connectivity index (χ3v) is 6.42. The number of carbonyl (C=O) groups is 1. The van der Waals surface area contributed by atoms with E-state index in [9.17, 15) is 9.90 Å². The van der Waals surface area contributed by atoms with E-state index in [1.807, 2.05) is 23.1 Å². The average molecular weight is 443 g/mol. The standard InChI is InChI=1S/C23H27BrN2O2/c1-23(2)15-26(22(28)20-8-7-18(24)11-21(20)23)14-19(27)13-25-10-9-16-5-3-4-6-17(16)12-25/h3-8,11,19,27H,9-10,12-15H2,1-2H3/t19-/m1/s1. The first-order valence-electron chi connectivity index (χ1n) is 9.90. The lowest BCUT2D eigenvalue weighted by Crippen LogP contribution is -2.51. The van der Waals surface area contributed by atoms with E-state index in [0.29, 0.717) is 19.6 Å². The average Bonchev–Trinajstić information content (AvgIpc) is 2.65. The van der Waals surface area contributed by atoms with Crippen molar-refractivity contribution in [3.8, 4) is 0 Å². The Morgan fingerprint density at radius 1 is 1.14 bits per heavy atom. The van der Waals surface area contributed by atoms with Gasteiger partial charge in [-0.2, -0.15) is 0 Å². The number of benzene rings is 2. The molecule has 0 aliphatic carbocycles. The zero-order chi connectivity index (χ0) is 19.9. The number of fused-ring (bicyclic) bond motifs is 2. The maximum atomic E-state index is 13.0. The van der Waals surface area contributed by atoms with Crippen molar-refractivity contribution in [2.24, 2.45) is 0 Å². The Balaban J connectivity index is 1.43. The first kappa shape index (κ1) is 19.6. The summed E-state index contributed by atoms with van der Waals surface area (Å²) in [7, 11) is 0. The van der Waals surface area contributed by atoms with Gasteiger partial charge in [-0.15, -0.1) is 0 Å². The molecule has 28 heavy (non-hydrogen) atoms. The van der Waals surface area contributed by atoms with Crippen molar-refractivity contribution >= 4 is 21.8 Å². The maximum absolute atomic E-state index is 13.0. The minimum absolute atomic E-state index is 0.0184. The van der Waals surface area contributed by atoms with Crippen molar-refractivity contribution in [2.45, 2.75) is 38.3 Å². The molecule has 2 aromatic rings. The maximum Gasteiger partial charge on any atom is 0.254 e. The predicted octanol–water partition coefficient (Wildman–Crippen LogP) is 3.60. The lowest BCUT2D eigenvalue weighted by molar-refractivity contribution is 0.0430. The fourth-order valence-corrected chi connectivity index (χ4v) is 4.90. The van der Waals surface area contributed by atoms with E-state index in [1.165, 1.54) is 11.1 Å². The molecular formula is C23H27BrN2O2. The summed E-state index contributed by atoms with van der Waals surface area (Å²) >= 11 is 3.51. The van der Waals surface area contributed by atoms with Crippen LogP contribution in [-0.4, -0.2) is 53.1 Å². The van der Waals surface area contributed by atoms with Gasteiger partial charge in [-0.25, -0.2) is 0 Å². The Morgan fingerprint density at radius 3 is 2.68 bits per heavy atom. The Labute approximate surface area is 175 Å². The van der Waals surface area contributed by atoms with Crippen LogP contribution in [0.2, 0.25) is 0 Å². The van der Waals surface area contributed by atoms with Gasteiger partial charge in [0.15, 0.2) is 0 Å². The second-order valence-electron chi connectivity index (χ2n) is 8.67. The van der Waals surface area contributed by atoms with Crippen molar-refractivity contribution in [2.75, 3.05) is 26.2 Å². The van der Waals surface area contributed by atoms with Crippen molar-refractivity contribution in [3.05, 3.63) is 69.2 Å². The Kier molecular flexibility index (Phi) is 5.34. The molecular weight excluding hydrogens is 416 g/mol. The molecule has 2 aliphatic heterocycles. The van der Waals surface area contributed by atoms with Crippen LogP contribution in [0, 0.1) is 0 Å². The van der Waals surface area contributed by atoms with Gasteiger partial charge >= 0.3 is 0 Å². The number of aliphatic hydroxyl groups excluding tert-OH is 1. The van der Waals surface area contributed by atoms with E-state index >= 15 is 0 Å². The number of aliphatic hydroxyl groups is 1. The van der Waals surface area contributed by atoms with Crippen LogP contribution >= 0.6 is 15.9 Å². The monoisotopic (exact) mass is 442 g/mol. The van der Waals surface area contributed by atoms with E-state index < -0.39 is 6.10 Å². The van der Waals surface area contributed by atoms with E-state index in [1.54, 1.807) is 0 Å². The van der Waals surface area contributed by atoms with Gasteiger partial charge in [0.05, 0.1) is 6.10 Å². The third-order valence-electron chi connectivity index (χ3n) is 5.92. The molecule has 0 unspecified atom stereocenters. The largest absolute Gasteiger partial charge is 0.390 e. The molecule has 0 radical (unpaired) electrons. The fourth-order valence-electron chi connectivity index (χ4n) is 4.54. The fraction of sp³-hybridized carbons (Fsp3) is 0.435. The molecule has 0 saturated heterocycles. The summed E-state index contributed by atoms with van der Waals surface area (Å²) in [6, 6.07) is 14.4. The summed E-state index contributed by atoms with van der Waals surface area (Å²) < 4.78 is 0.992. The van der Waals surface area contributed by atoms with Crippen molar-refractivity contribution in [1.29, 1.82) is 0 Å². The van der Waals surface area contributed by atoms with Gasteiger partial charge in [0, 0.05) is 48.2 Å². The summed E-state index contributed by atoms with van der Waals surface area (Å²) in [5.41, 5.74) is 4.43. The molecule has 0 spiro atoms. The van der Waals surface area contributed by atoms with Crippen LogP contribution in [0.4, 0.5) is 0 Å². The lowest BCUT2D eigenvalue weighted by atomic mass is 9.78. The quantitative estimate of drug-likeness (QED) is 0.786. The van der Waals surface area contributed by atoms with Crippen molar-refractivity contribution in [1.82, 2.24) is 9.80 Å². The lowest BCUT2D eigenvalue weighted by Gasteiger charge is -2.41. The zero-order valence-electron chi connectivity index (χ0n) is 16.5. The molecule has 0 aromatic heterocycles. The van der Waals surface area contributed by atoms with E-state index in [2.05, 4.69) is 58.9 Å². The SMILES string of the molecule is CC1(C)CN(C[C@H](O)CN2CCc3ccccc3C2)C(=O)c2ccc(Br)cc21. The molecule has 1 amide bonds. The Bertz CT molecular complexity index is 896. The summed E-state index contributed by atoms with van der Waals surface area (Å²) in [6.07, 6.45) is 0.461. The molecule has 4 rings (SSSR count). The van der Waals surface area contributed by atoms with Gasteiger partial charge in [-0.1, -0.05) is 54.0 Å². The normalized spacial score (nSPS) is 19.9. The summed E-state index contributed by atoms with van der Waals surface area (Å²) in [5.74, 6) is 0.0184. The Hall–Kier alpha value is -1.69. The Morgan fingerprint density at radius 2 is 1.89 bits per heavy atom. The smallest absolute Gasteiger partial charge is 0.254 e. The summed E-state index contributed by atoms with van der Waals surface area (Å²) in [4.78, 5) is 17.1. The van der Waals surface area contributed by atoms with Crippen LogP contribution < -0.4 is 0 Å². The molecule has 1 atom stereocenters. The highest BCUT2D eigenvalue weighted by Crippen LogP contribution is 2.35. The van der Waals surface area contributed by atoms with E-state index in [0.717, 1.165) is 35.1 Å². The van der Waals surface area contributed by atoms with Crippen LogP contribution in [0.5, 0.6) is 0 Å². The number of rotatable bonds is 4. The van der Waals surface area contributed by atoms with Crippen molar-refractivity contribution in [3.63, 3.8) is 0 Å². The molecule has 148 valence electrons. The third kappa shape index (κ3) is 3.88. The van der Waals surface area contributed by atoms with Crippen LogP contribution in [-0.2, 0) is 18.4 Å². The van der Waals surface area contributed by atoms with Crippen LogP contribution in [0.25, 0.3) is 0 Å². The number of amides is 1. The molecule has 0 bridgehead atoms. The predicted molar refractivity (Wildman–Crippen MR) is 115 cm³/mol. The molecule has 0 saturated carbocycles. The van der Waals surface area contributed by atoms with Gasteiger partial charge in [0.1, 0.15) is 0 Å². The molecule has 1 N–H and O–H groups in total. The van der Waals surface area contributed by atoms with Gasteiger partial charge in [0.25, 0.3) is 5.91 Å². The van der Waals surface area contributed by atoms with Crippen LogP contribution in [0.15, 0.2) is 46.9 Å². The van der Waals surface area contributed by atoms with Crippen molar-refractivity contribution < 1.29 is 9.90 Å². The van der Waals surface area contributed by atoms with Crippen LogP contribution in [0.3, 0.4) is 0 Å². The highest BCUT2D eigenvalue weighted by molar-refractivity contribution is 9.10. The second-order valence-corrected chi connectivity index (χ2v) is 9.58. The number of carbonyl (C=O) groups excluding carboxylic acids is 1.